The fraction of sp³-hybridized carbons (Fsp3) is 0.300. The van der Waals surface area contributed by atoms with Crippen molar-refractivity contribution in [1.82, 2.24) is 4.31 Å². The lowest BCUT2D eigenvalue weighted by Crippen LogP contribution is -2.38. The lowest BCUT2D eigenvalue weighted by molar-refractivity contribution is -0.387. The van der Waals surface area contributed by atoms with E-state index in [-0.39, 0.29) is 24.6 Å². The molecule has 0 spiro atoms. The molecule has 1 aliphatic heterocycles. The van der Waals surface area contributed by atoms with E-state index in [2.05, 4.69) is 0 Å². The maximum Gasteiger partial charge on any atom is 0.289 e. The molecule has 0 bridgehead atoms. The maximum atomic E-state index is 12.3. The summed E-state index contributed by atoms with van der Waals surface area (Å²) < 4.78 is 30.6. The molecule has 1 heterocycles. The van der Waals surface area contributed by atoms with Crippen LogP contribution in [0.2, 0.25) is 0 Å². The molecule has 0 atom stereocenters. The lowest BCUT2D eigenvalue weighted by atomic mass is 10.3. The third-order valence-corrected chi connectivity index (χ3v) is 4.45. The highest BCUT2D eigenvalue weighted by Crippen LogP contribution is 2.26. The van der Waals surface area contributed by atoms with Gasteiger partial charge < -0.3 is 4.74 Å². The summed E-state index contributed by atoms with van der Waals surface area (Å²) in [7, 11) is -3.86. The van der Waals surface area contributed by atoms with Crippen LogP contribution in [0.3, 0.4) is 0 Å². The van der Waals surface area contributed by atoms with Crippen LogP contribution in [0.1, 0.15) is 0 Å². The molecule has 0 unspecified atom stereocenters. The first kappa shape index (κ1) is 12.9. The molecule has 97 valence electrons. The van der Waals surface area contributed by atoms with Gasteiger partial charge in [0.05, 0.1) is 18.1 Å². The zero-order valence-corrected chi connectivity index (χ0v) is 10.2. The number of nitrogens with zero attached hydrogens (tertiary/aromatic N) is 2. The number of nitro groups is 1. The van der Waals surface area contributed by atoms with Crippen molar-refractivity contribution in [3.05, 3.63) is 41.0 Å². The largest absolute Gasteiger partial charge is 0.373 e. The van der Waals surface area contributed by atoms with Gasteiger partial charge in [-0.25, -0.2) is 8.42 Å². The fourth-order valence-corrected chi connectivity index (χ4v) is 3.16. The van der Waals surface area contributed by atoms with Crippen LogP contribution >= 0.6 is 0 Å². The van der Waals surface area contributed by atoms with E-state index in [9.17, 15) is 18.5 Å². The number of sulfonamides is 1. The number of hydrogen-bond acceptors (Lipinski definition) is 5. The molecule has 1 fully saturated rings. The SMILES string of the molecule is O=[N+]([O-])c1ccccc1S(=O)(=O)N1C[CH]OCC1. The second kappa shape index (κ2) is 5.01. The highest BCUT2D eigenvalue weighted by Gasteiger charge is 2.32. The molecule has 8 heteroatoms. The summed E-state index contributed by atoms with van der Waals surface area (Å²) in [4.78, 5) is 9.86. The quantitative estimate of drug-likeness (QED) is 0.598. The van der Waals surface area contributed by atoms with Crippen LogP contribution in [0, 0.1) is 16.7 Å². The summed E-state index contributed by atoms with van der Waals surface area (Å²) in [6.07, 6.45) is 0. The van der Waals surface area contributed by atoms with Crippen molar-refractivity contribution in [1.29, 1.82) is 0 Å². The molecule has 0 saturated carbocycles. The third kappa shape index (κ3) is 2.35. The predicted octanol–water partition coefficient (Wildman–Crippen LogP) is 0.777. The molecule has 1 saturated heterocycles. The monoisotopic (exact) mass is 271 g/mol. The molecule has 1 radical (unpaired) electrons. The zero-order chi connectivity index (χ0) is 13.2. The number of benzene rings is 1. The van der Waals surface area contributed by atoms with Crippen molar-refractivity contribution in [3.63, 3.8) is 0 Å². The van der Waals surface area contributed by atoms with Gasteiger partial charge in [0.1, 0.15) is 0 Å². The van der Waals surface area contributed by atoms with Crippen molar-refractivity contribution in [2.24, 2.45) is 0 Å². The molecule has 0 N–H and O–H groups in total. The average Bonchev–Trinajstić information content (AvgIpc) is 2.39. The van der Waals surface area contributed by atoms with Gasteiger partial charge in [-0.2, -0.15) is 4.31 Å². The number of rotatable bonds is 3. The first-order valence-corrected chi connectivity index (χ1v) is 6.64. The maximum absolute atomic E-state index is 12.3. The third-order valence-electron chi connectivity index (χ3n) is 2.53. The van der Waals surface area contributed by atoms with Crippen molar-refractivity contribution in [2.45, 2.75) is 4.90 Å². The van der Waals surface area contributed by atoms with E-state index in [1.807, 2.05) is 0 Å². The van der Waals surface area contributed by atoms with Gasteiger partial charge >= 0.3 is 0 Å². The topological polar surface area (TPSA) is 89.8 Å². The Kier molecular flexibility index (Phi) is 3.60. The zero-order valence-electron chi connectivity index (χ0n) is 9.35. The molecule has 1 aromatic carbocycles. The van der Waals surface area contributed by atoms with Gasteiger partial charge in [0.15, 0.2) is 4.90 Å². The minimum Gasteiger partial charge on any atom is -0.373 e. The smallest absolute Gasteiger partial charge is 0.289 e. The summed E-state index contributed by atoms with van der Waals surface area (Å²) in [5.41, 5.74) is -0.413. The van der Waals surface area contributed by atoms with E-state index >= 15 is 0 Å². The lowest BCUT2D eigenvalue weighted by Gasteiger charge is -2.25. The highest BCUT2D eigenvalue weighted by atomic mass is 32.2. The Morgan fingerprint density at radius 3 is 2.67 bits per heavy atom. The predicted molar refractivity (Wildman–Crippen MR) is 62.1 cm³/mol. The van der Waals surface area contributed by atoms with Gasteiger partial charge in [0, 0.05) is 19.2 Å². The van der Waals surface area contributed by atoms with Gasteiger partial charge in [-0.3, -0.25) is 10.1 Å². The van der Waals surface area contributed by atoms with E-state index in [4.69, 9.17) is 4.74 Å². The second-order valence-corrected chi connectivity index (χ2v) is 5.53. The highest BCUT2D eigenvalue weighted by molar-refractivity contribution is 7.89. The van der Waals surface area contributed by atoms with E-state index in [0.29, 0.717) is 0 Å². The molecule has 0 aromatic heterocycles. The molecular weight excluding hydrogens is 260 g/mol. The first-order valence-electron chi connectivity index (χ1n) is 5.20. The van der Waals surface area contributed by atoms with Crippen LogP contribution in [0.5, 0.6) is 0 Å². The molecule has 0 amide bonds. The van der Waals surface area contributed by atoms with E-state index in [1.165, 1.54) is 30.9 Å². The van der Waals surface area contributed by atoms with Crippen LogP contribution in [0.25, 0.3) is 0 Å². The van der Waals surface area contributed by atoms with Crippen LogP contribution in [0.15, 0.2) is 29.2 Å². The normalized spacial score (nSPS) is 17.6. The van der Waals surface area contributed by atoms with Gasteiger partial charge in [0.2, 0.25) is 10.0 Å². The summed E-state index contributed by atoms with van der Waals surface area (Å²) in [5.74, 6) is 0. The number of morpholine rings is 1. The Balaban J connectivity index is 2.43. The summed E-state index contributed by atoms with van der Waals surface area (Å²) in [5, 5.41) is 10.8. The second-order valence-electron chi connectivity index (χ2n) is 3.63. The number of ether oxygens (including phenoxy) is 1. The van der Waals surface area contributed by atoms with Crippen molar-refractivity contribution >= 4 is 15.7 Å². The van der Waals surface area contributed by atoms with Crippen LogP contribution in [-0.2, 0) is 14.8 Å². The van der Waals surface area contributed by atoms with Gasteiger partial charge in [-0.1, -0.05) is 12.1 Å². The van der Waals surface area contributed by atoms with E-state index in [0.717, 1.165) is 4.31 Å². The van der Waals surface area contributed by atoms with Crippen LogP contribution in [0.4, 0.5) is 5.69 Å². The molecule has 2 rings (SSSR count). The van der Waals surface area contributed by atoms with E-state index < -0.39 is 20.6 Å². The first-order chi connectivity index (χ1) is 8.53. The van der Waals surface area contributed by atoms with E-state index in [1.54, 1.807) is 0 Å². The Labute approximate surface area is 104 Å². The Hall–Kier alpha value is -1.51. The Morgan fingerprint density at radius 2 is 2.06 bits per heavy atom. The average molecular weight is 271 g/mol. The van der Waals surface area contributed by atoms with Crippen molar-refractivity contribution in [2.75, 3.05) is 19.7 Å². The molecular formula is C10H11N2O5S. The Morgan fingerprint density at radius 1 is 1.33 bits per heavy atom. The summed E-state index contributed by atoms with van der Waals surface area (Å²) in [6.45, 7) is 1.90. The Bertz CT molecular complexity index is 551. The minimum absolute atomic E-state index is 0.0916. The number of nitro benzene ring substituents is 1. The number of para-hydroxylation sites is 1. The fourth-order valence-electron chi connectivity index (χ4n) is 1.65. The number of hydrogen-bond donors (Lipinski definition) is 0. The molecule has 1 aliphatic rings. The minimum atomic E-state index is -3.86. The van der Waals surface area contributed by atoms with Gasteiger partial charge in [0.25, 0.3) is 5.69 Å². The van der Waals surface area contributed by atoms with Gasteiger partial charge in [-0.15, -0.1) is 0 Å². The molecule has 7 nitrogen and oxygen atoms in total. The standard InChI is InChI=1S/C10H11N2O5S/c13-12(14)9-3-1-2-4-10(9)18(15,16)11-5-7-17-8-6-11/h1-4,7H,5-6,8H2. The van der Waals surface area contributed by atoms with Crippen molar-refractivity contribution < 1.29 is 18.1 Å². The van der Waals surface area contributed by atoms with Crippen LogP contribution < -0.4 is 0 Å². The molecule has 18 heavy (non-hydrogen) atoms. The van der Waals surface area contributed by atoms with Gasteiger partial charge in [-0.05, 0) is 6.07 Å². The molecule has 0 aliphatic carbocycles. The van der Waals surface area contributed by atoms with Crippen molar-refractivity contribution in [3.8, 4) is 0 Å². The molecule has 1 aromatic rings. The summed E-state index contributed by atoms with van der Waals surface area (Å²) in [6, 6.07) is 5.31. The van der Waals surface area contributed by atoms with Crippen LogP contribution in [-0.4, -0.2) is 37.3 Å². The summed E-state index contributed by atoms with van der Waals surface area (Å²) >= 11 is 0.